The van der Waals surface area contributed by atoms with Gasteiger partial charge in [0.05, 0.1) is 11.4 Å². The summed E-state index contributed by atoms with van der Waals surface area (Å²) in [6.45, 7) is 3.86. The number of hydrogen-bond acceptors (Lipinski definition) is 6. The maximum absolute atomic E-state index is 13.0. The first-order valence-corrected chi connectivity index (χ1v) is 12.6. The van der Waals surface area contributed by atoms with Crippen molar-refractivity contribution >= 4 is 57.2 Å². The fraction of sp³-hybridized carbons (Fsp3) is 0.0714. The number of benzene rings is 3. The molecular weight excluding hydrogens is 508 g/mol. The molecule has 1 aromatic heterocycles. The summed E-state index contributed by atoms with van der Waals surface area (Å²) in [6.07, 6.45) is 0. The van der Waals surface area contributed by atoms with Gasteiger partial charge in [0.15, 0.2) is 5.13 Å². The van der Waals surface area contributed by atoms with Gasteiger partial charge in [0.25, 0.3) is 17.7 Å². The Morgan fingerprint density at radius 3 is 2.35 bits per heavy atom. The quantitative estimate of drug-likeness (QED) is 0.294. The zero-order valence-corrected chi connectivity index (χ0v) is 21.5. The number of thiazole rings is 1. The van der Waals surface area contributed by atoms with Gasteiger partial charge < -0.3 is 5.32 Å². The number of hydrogen-bond donors (Lipinski definition) is 2. The first kappa shape index (κ1) is 24.4. The topological polar surface area (TPSA) is 91.4 Å². The Hall–Kier alpha value is -4.27. The average Bonchev–Trinajstić information content (AvgIpc) is 3.45. The molecule has 184 valence electrons. The van der Waals surface area contributed by atoms with Crippen LogP contribution in [0.2, 0.25) is 0 Å². The second-order valence-corrected chi connectivity index (χ2v) is 9.70. The average molecular weight is 529 g/mol. The fourth-order valence-corrected chi connectivity index (χ4v) is 4.73. The fourth-order valence-electron chi connectivity index (χ4n) is 3.80. The van der Waals surface area contributed by atoms with Crippen LogP contribution in [0.3, 0.4) is 0 Å². The number of nitrogens with zero attached hydrogens (tertiary/aromatic N) is 2. The second kappa shape index (κ2) is 10.0. The Morgan fingerprint density at radius 2 is 1.65 bits per heavy atom. The van der Waals surface area contributed by atoms with E-state index < -0.39 is 11.8 Å². The minimum atomic E-state index is -0.591. The number of nitrogens with one attached hydrogen (secondary N) is 2. The van der Waals surface area contributed by atoms with Crippen molar-refractivity contribution in [2.45, 2.75) is 13.8 Å². The standard InChI is InChI=1S/C28H21ClN4O3S/c1-16-8-13-21(14-17(16)2)33-26(35)23(29)24(27(33)36)30-20-11-9-19(10-12-20)25(34)32-28-31-22(15-37-28)18-6-4-3-5-7-18/h3-15,30H,1-2H3,(H,31,32,34). The van der Waals surface area contributed by atoms with Crippen molar-refractivity contribution < 1.29 is 14.4 Å². The molecule has 0 spiro atoms. The van der Waals surface area contributed by atoms with Crippen molar-refractivity contribution in [2.24, 2.45) is 0 Å². The van der Waals surface area contributed by atoms with E-state index in [1.54, 1.807) is 36.4 Å². The van der Waals surface area contributed by atoms with Crippen molar-refractivity contribution in [1.82, 2.24) is 4.98 Å². The van der Waals surface area contributed by atoms with E-state index in [1.165, 1.54) is 11.3 Å². The van der Waals surface area contributed by atoms with Crippen molar-refractivity contribution in [3.63, 3.8) is 0 Å². The number of carbonyl (C=O) groups excluding carboxylic acids is 3. The number of amides is 3. The van der Waals surface area contributed by atoms with Crippen LogP contribution in [0.25, 0.3) is 11.3 Å². The van der Waals surface area contributed by atoms with Gasteiger partial charge in [-0.15, -0.1) is 11.3 Å². The van der Waals surface area contributed by atoms with Crippen molar-refractivity contribution in [3.05, 3.63) is 106 Å². The van der Waals surface area contributed by atoms with Gasteiger partial charge in [0, 0.05) is 22.2 Å². The lowest BCUT2D eigenvalue weighted by molar-refractivity contribution is -0.120. The molecule has 3 aromatic carbocycles. The molecule has 7 nitrogen and oxygen atoms in total. The molecule has 2 N–H and O–H groups in total. The van der Waals surface area contributed by atoms with Gasteiger partial charge in [-0.2, -0.15) is 0 Å². The van der Waals surface area contributed by atoms with Crippen LogP contribution < -0.4 is 15.5 Å². The monoisotopic (exact) mass is 528 g/mol. The third-order valence-corrected chi connectivity index (χ3v) is 7.09. The number of carbonyl (C=O) groups is 3. The molecule has 0 unspecified atom stereocenters. The van der Waals surface area contributed by atoms with E-state index in [9.17, 15) is 14.4 Å². The van der Waals surface area contributed by atoms with Crippen LogP contribution in [-0.2, 0) is 9.59 Å². The zero-order valence-electron chi connectivity index (χ0n) is 19.9. The highest BCUT2D eigenvalue weighted by Gasteiger charge is 2.39. The number of aryl methyl sites for hydroxylation is 2. The first-order valence-electron chi connectivity index (χ1n) is 11.4. The minimum absolute atomic E-state index is 0.0154. The third-order valence-electron chi connectivity index (χ3n) is 5.99. The van der Waals surface area contributed by atoms with E-state index in [0.717, 1.165) is 27.3 Å². The van der Waals surface area contributed by atoms with Crippen LogP contribution in [0.15, 0.2) is 88.9 Å². The third kappa shape index (κ3) is 4.89. The lowest BCUT2D eigenvalue weighted by atomic mass is 10.1. The van der Waals surface area contributed by atoms with Gasteiger partial charge in [-0.3, -0.25) is 19.7 Å². The first-order chi connectivity index (χ1) is 17.8. The molecule has 3 amide bonds. The summed E-state index contributed by atoms with van der Waals surface area (Å²) < 4.78 is 0. The number of rotatable bonds is 6. The number of halogens is 1. The van der Waals surface area contributed by atoms with Gasteiger partial charge in [-0.25, -0.2) is 9.88 Å². The van der Waals surface area contributed by atoms with E-state index >= 15 is 0 Å². The Bertz CT molecular complexity index is 1560. The molecule has 1 aliphatic rings. The largest absolute Gasteiger partial charge is 0.350 e. The van der Waals surface area contributed by atoms with E-state index in [2.05, 4.69) is 15.6 Å². The van der Waals surface area contributed by atoms with E-state index in [4.69, 9.17) is 11.6 Å². The molecule has 37 heavy (non-hydrogen) atoms. The molecule has 0 saturated carbocycles. The van der Waals surface area contributed by atoms with Crippen LogP contribution >= 0.6 is 22.9 Å². The molecule has 1 aliphatic heterocycles. The molecule has 5 rings (SSSR count). The summed E-state index contributed by atoms with van der Waals surface area (Å²) in [5, 5.41) is 7.92. The molecule has 2 heterocycles. The van der Waals surface area contributed by atoms with Crippen molar-refractivity contribution in [1.29, 1.82) is 0 Å². The predicted molar refractivity (Wildman–Crippen MR) is 147 cm³/mol. The van der Waals surface area contributed by atoms with E-state index in [-0.39, 0.29) is 16.6 Å². The summed E-state index contributed by atoms with van der Waals surface area (Å²) in [4.78, 5) is 44.0. The predicted octanol–water partition coefficient (Wildman–Crippen LogP) is 6.11. The molecule has 0 saturated heterocycles. The number of anilines is 3. The van der Waals surface area contributed by atoms with Crippen LogP contribution in [0.4, 0.5) is 16.5 Å². The van der Waals surface area contributed by atoms with Crippen molar-refractivity contribution in [3.8, 4) is 11.3 Å². The minimum Gasteiger partial charge on any atom is -0.350 e. The molecule has 9 heteroatoms. The summed E-state index contributed by atoms with van der Waals surface area (Å²) >= 11 is 7.58. The lowest BCUT2D eigenvalue weighted by Gasteiger charge is -2.16. The smallest absolute Gasteiger partial charge is 0.283 e. The van der Waals surface area contributed by atoms with Crippen LogP contribution in [0, 0.1) is 13.8 Å². The zero-order chi connectivity index (χ0) is 26.1. The van der Waals surface area contributed by atoms with Gasteiger partial charge in [-0.05, 0) is 61.4 Å². The number of aromatic nitrogens is 1. The van der Waals surface area contributed by atoms with E-state index in [0.29, 0.717) is 22.1 Å². The Morgan fingerprint density at radius 1 is 0.919 bits per heavy atom. The van der Waals surface area contributed by atoms with Crippen LogP contribution in [0.1, 0.15) is 21.5 Å². The normalized spacial score (nSPS) is 13.3. The Labute approximate surface area is 222 Å². The maximum Gasteiger partial charge on any atom is 0.283 e. The van der Waals surface area contributed by atoms with Gasteiger partial charge in [0.1, 0.15) is 10.7 Å². The SMILES string of the molecule is Cc1ccc(N2C(=O)C(Cl)=C(Nc3ccc(C(=O)Nc4nc(-c5ccccc5)cs4)cc3)C2=O)cc1C. The van der Waals surface area contributed by atoms with Gasteiger partial charge >= 0.3 is 0 Å². The Balaban J connectivity index is 1.27. The molecular formula is C28H21ClN4O3S. The second-order valence-electron chi connectivity index (χ2n) is 8.46. The van der Waals surface area contributed by atoms with Crippen LogP contribution in [0.5, 0.6) is 0 Å². The van der Waals surface area contributed by atoms with Gasteiger partial charge in [-0.1, -0.05) is 48.0 Å². The van der Waals surface area contributed by atoms with Gasteiger partial charge in [0.2, 0.25) is 0 Å². The highest BCUT2D eigenvalue weighted by atomic mass is 35.5. The van der Waals surface area contributed by atoms with E-state index in [1.807, 2.05) is 55.6 Å². The summed E-state index contributed by atoms with van der Waals surface area (Å²) in [6, 6.07) is 21.5. The molecule has 0 bridgehead atoms. The molecule has 4 aromatic rings. The number of imide groups is 1. The summed E-state index contributed by atoms with van der Waals surface area (Å²) in [5.41, 5.74) is 5.13. The highest BCUT2D eigenvalue weighted by Crippen LogP contribution is 2.31. The summed E-state index contributed by atoms with van der Waals surface area (Å²) in [7, 11) is 0. The Kier molecular flexibility index (Phi) is 6.60. The van der Waals surface area contributed by atoms with Crippen LogP contribution in [-0.4, -0.2) is 22.7 Å². The molecule has 0 atom stereocenters. The lowest BCUT2D eigenvalue weighted by Crippen LogP contribution is -2.32. The summed E-state index contributed by atoms with van der Waals surface area (Å²) in [5.74, 6) is -1.45. The molecule has 0 aliphatic carbocycles. The molecule has 0 radical (unpaired) electrons. The maximum atomic E-state index is 13.0. The van der Waals surface area contributed by atoms with Crippen molar-refractivity contribution in [2.75, 3.05) is 15.5 Å². The highest BCUT2D eigenvalue weighted by molar-refractivity contribution is 7.14. The molecule has 0 fully saturated rings.